The average molecular weight is 264 g/mol. The number of carbonyl (C=O) groups is 3. The van der Waals surface area contributed by atoms with Gasteiger partial charge in [-0.05, 0) is 24.3 Å². The van der Waals surface area contributed by atoms with E-state index >= 15 is 0 Å². The number of rotatable bonds is 5. The van der Waals surface area contributed by atoms with E-state index in [1.165, 1.54) is 24.0 Å². The van der Waals surface area contributed by atoms with Crippen molar-refractivity contribution >= 4 is 23.5 Å². The summed E-state index contributed by atoms with van der Waals surface area (Å²) in [6.07, 6.45) is 0.191. The van der Waals surface area contributed by atoms with Gasteiger partial charge in [0.05, 0.1) is 5.56 Å². The summed E-state index contributed by atoms with van der Waals surface area (Å²) in [5.41, 5.74) is 0.778. The SMILES string of the molecule is CC(=O)NCCC(=O)N(C)c1ccc(C(=O)O)cc1. The van der Waals surface area contributed by atoms with Gasteiger partial charge in [-0.1, -0.05) is 0 Å². The smallest absolute Gasteiger partial charge is 0.335 e. The Bertz CT molecular complexity index is 482. The molecule has 0 spiro atoms. The molecule has 0 aliphatic heterocycles. The zero-order valence-corrected chi connectivity index (χ0v) is 10.8. The molecular formula is C13H16N2O4. The van der Waals surface area contributed by atoms with Crippen LogP contribution < -0.4 is 10.2 Å². The van der Waals surface area contributed by atoms with Gasteiger partial charge in [-0.3, -0.25) is 9.59 Å². The zero-order valence-electron chi connectivity index (χ0n) is 10.8. The molecule has 0 unspecified atom stereocenters. The zero-order chi connectivity index (χ0) is 14.4. The Morgan fingerprint density at radius 1 is 1.21 bits per heavy atom. The highest BCUT2D eigenvalue weighted by molar-refractivity contribution is 5.94. The molecule has 1 aromatic rings. The summed E-state index contributed by atoms with van der Waals surface area (Å²) >= 11 is 0. The quantitative estimate of drug-likeness (QED) is 0.826. The van der Waals surface area contributed by atoms with Gasteiger partial charge in [-0.15, -0.1) is 0 Å². The van der Waals surface area contributed by atoms with Gasteiger partial charge in [0.15, 0.2) is 0 Å². The van der Waals surface area contributed by atoms with Gasteiger partial charge < -0.3 is 15.3 Å². The van der Waals surface area contributed by atoms with E-state index in [4.69, 9.17) is 5.11 Å². The van der Waals surface area contributed by atoms with E-state index in [0.29, 0.717) is 5.69 Å². The first kappa shape index (κ1) is 14.7. The second-order valence-electron chi connectivity index (χ2n) is 4.04. The minimum absolute atomic E-state index is 0.156. The Labute approximate surface area is 111 Å². The van der Waals surface area contributed by atoms with Crippen molar-refractivity contribution in [2.24, 2.45) is 0 Å². The molecule has 2 N–H and O–H groups in total. The van der Waals surface area contributed by atoms with Crippen LogP contribution in [0.25, 0.3) is 0 Å². The van der Waals surface area contributed by atoms with Gasteiger partial charge in [0, 0.05) is 32.6 Å². The molecule has 102 valence electrons. The van der Waals surface area contributed by atoms with Crippen molar-refractivity contribution in [3.05, 3.63) is 29.8 Å². The number of aromatic carboxylic acids is 1. The van der Waals surface area contributed by atoms with Crippen LogP contribution in [0.15, 0.2) is 24.3 Å². The van der Waals surface area contributed by atoms with Crippen LogP contribution in [0.3, 0.4) is 0 Å². The molecule has 0 aromatic heterocycles. The van der Waals surface area contributed by atoms with Crippen LogP contribution in [-0.4, -0.2) is 36.5 Å². The summed E-state index contributed by atoms with van der Waals surface area (Å²) in [4.78, 5) is 34.6. The van der Waals surface area contributed by atoms with Gasteiger partial charge in [-0.2, -0.15) is 0 Å². The second kappa shape index (κ2) is 6.53. The molecular weight excluding hydrogens is 248 g/mol. The van der Waals surface area contributed by atoms with Crippen molar-refractivity contribution in [2.75, 3.05) is 18.5 Å². The molecule has 0 atom stereocenters. The topological polar surface area (TPSA) is 86.7 Å². The van der Waals surface area contributed by atoms with E-state index in [1.807, 2.05) is 0 Å². The number of hydrogen-bond donors (Lipinski definition) is 2. The fraction of sp³-hybridized carbons (Fsp3) is 0.308. The Balaban J connectivity index is 2.61. The monoisotopic (exact) mass is 264 g/mol. The summed E-state index contributed by atoms with van der Waals surface area (Å²) in [5.74, 6) is -1.34. The molecule has 6 heteroatoms. The van der Waals surface area contributed by atoms with Crippen molar-refractivity contribution in [3.8, 4) is 0 Å². The van der Waals surface area contributed by atoms with Crippen molar-refractivity contribution in [2.45, 2.75) is 13.3 Å². The van der Waals surface area contributed by atoms with E-state index < -0.39 is 5.97 Å². The maximum atomic E-state index is 11.8. The lowest BCUT2D eigenvalue weighted by Gasteiger charge is -2.17. The van der Waals surface area contributed by atoms with Crippen LogP contribution in [-0.2, 0) is 9.59 Å². The number of hydrogen-bond acceptors (Lipinski definition) is 3. The highest BCUT2D eigenvalue weighted by atomic mass is 16.4. The molecule has 1 aromatic carbocycles. The van der Waals surface area contributed by atoms with Crippen LogP contribution in [0, 0.1) is 0 Å². The Kier molecular flexibility index (Phi) is 5.05. The Morgan fingerprint density at radius 3 is 2.26 bits per heavy atom. The van der Waals surface area contributed by atoms with E-state index in [0.717, 1.165) is 0 Å². The number of carbonyl (C=O) groups excluding carboxylic acids is 2. The lowest BCUT2D eigenvalue weighted by atomic mass is 10.2. The normalized spacial score (nSPS) is 9.79. The number of anilines is 1. The van der Waals surface area contributed by atoms with Crippen molar-refractivity contribution in [1.82, 2.24) is 5.32 Å². The molecule has 2 amide bonds. The molecule has 0 saturated heterocycles. The lowest BCUT2D eigenvalue weighted by molar-refractivity contribution is -0.119. The predicted octanol–water partition coefficient (Wildman–Crippen LogP) is 0.874. The third-order valence-corrected chi connectivity index (χ3v) is 2.59. The Morgan fingerprint density at radius 2 is 1.79 bits per heavy atom. The van der Waals surface area contributed by atoms with Crippen LogP contribution in [0.2, 0.25) is 0 Å². The molecule has 0 heterocycles. The van der Waals surface area contributed by atoms with E-state index in [1.54, 1.807) is 19.2 Å². The molecule has 0 bridgehead atoms. The number of nitrogens with one attached hydrogen (secondary N) is 1. The summed E-state index contributed by atoms with van der Waals surface area (Å²) < 4.78 is 0. The highest BCUT2D eigenvalue weighted by Gasteiger charge is 2.11. The van der Waals surface area contributed by atoms with Crippen LogP contribution in [0.5, 0.6) is 0 Å². The van der Waals surface area contributed by atoms with Gasteiger partial charge in [0.2, 0.25) is 11.8 Å². The third-order valence-electron chi connectivity index (χ3n) is 2.59. The number of carboxylic acids is 1. The molecule has 19 heavy (non-hydrogen) atoms. The van der Waals surface area contributed by atoms with Gasteiger partial charge in [-0.25, -0.2) is 4.79 Å². The maximum Gasteiger partial charge on any atom is 0.335 e. The van der Waals surface area contributed by atoms with E-state index in [2.05, 4.69) is 5.32 Å². The van der Waals surface area contributed by atoms with Gasteiger partial charge >= 0.3 is 5.97 Å². The summed E-state index contributed by atoms with van der Waals surface area (Å²) in [6.45, 7) is 1.67. The summed E-state index contributed by atoms with van der Waals surface area (Å²) in [6, 6.07) is 6.02. The molecule has 0 aliphatic carbocycles. The minimum atomic E-state index is -1.01. The van der Waals surface area contributed by atoms with Gasteiger partial charge in [0.25, 0.3) is 0 Å². The van der Waals surface area contributed by atoms with Crippen LogP contribution in [0.1, 0.15) is 23.7 Å². The van der Waals surface area contributed by atoms with E-state index in [9.17, 15) is 14.4 Å². The third kappa shape index (κ3) is 4.42. The van der Waals surface area contributed by atoms with Crippen LogP contribution >= 0.6 is 0 Å². The van der Waals surface area contributed by atoms with E-state index in [-0.39, 0.29) is 30.3 Å². The number of benzene rings is 1. The van der Waals surface area contributed by atoms with Gasteiger partial charge in [0.1, 0.15) is 0 Å². The molecule has 0 saturated carbocycles. The highest BCUT2D eigenvalue weighted by Crippen LogP contribution is 2.14. The molecule has 0 fully saturated rings. The second-order valence-corrected chi connectivity index (χ2v) is 4.04. The summed E-state index contributed by atoms with van der Waals surface area (Å²) in [7, 11) is 1.60. The number of carboxylic acid groups (broad SMARTS) is 1. The van der Waals surface area contributed by atoms with Crippen molar-refractivity contribution < 1.29 is 19.5 Å². The fourth-order valence-corrected chi connectivity index (χ4v) is 1.48. The largest absolute Gasteiger partial charge is 0.478 e. The first-order chi connectivity index (χ1) is 8.91. The predicted molar refractivity (Wildman–Crippen MR) is 70.1 cm³/mol. The minimum Gasteiger partial charge on any atom is -0.478 e. The molecule has 0 radical (unpaired) electrons. The van der Waals surface area contributed by atoms with Crippen molar-refractivity contribution in [1.29, 1.82) is 0 Å². The maximum absolute atomic E-state index is 11.8. The lowest BCUT2D eigenvalue weighted by Crippen LogP contribution is -2.31. The number of amides is 2. The number of nitrogens with zero attached hydrogens (tertiary/aromatic N) is 1. The molecule has 0 aliphatic rings. The van der Waals surface area contributed by atoms with Crippen LogP contribution in [0.4, 0.5) is 5.69 Å². The first-order valence-electron chi connectivity index (χ1n) is 5.76. The standard InChI is InChI=1S/C13H16N2O4/c1-9(16)14-8-7-12(17)15(2)11-5-3-10(4-6-11)13(18)19/h3-6H,7-8H2,1-2H3,(H,14,16)(H,18,19). The summed E-state index contributed by atoms with van der Waals surface area (Å²) in [5, 5.41) is 11.3. The Hall–Kier alpha value is -2.37. The first-order valence-corrected chi connectivity index (χ1v) is 5.76. The molecule has 6 nitrogen and oxygen atoms in total. The molecule has 1 rings (SSSR count). The van der Waals surface area contributed by atoms with Crippen molar-refractivity contribution in [3.63, 3.8) is 0 Å². The average Bonchev–Trinajstić information content (AvgIpc) is 2.37. The fourth-order valence-electron chi connectivity index (χ4n) is 1.48.